The first-order chi connectivity index (χ1) is 14.0. The lowest BCUT2D eigenvalue weighted by Crippen LogP contribution is -2.21. The van der Waals surface area contributed by atoms with Crippen LogP contribution in [-0.4, -0.2) is 26.0 Å². The molecule has 0 aliphatic carbocycles. The standard InChI is InChI=1S/C24H52NO3P/c1-6-11-14-15-16-19-25-22-29(26,27-20-23(9-4)17-12-7-2)28-21-24(10-5)18-13-8-3/h23-25H,6-22H2,1-5H3. The van der Waals surface area contributed by atoms with Crippen molar-refractivity contribution in [1.82, 2.24) is 5.32 Å². The smallest absolute Gasteiger partial charge is 0.307 e. The zero-order valence-electron chi connectivity index (χ0n) is 20.3. The van der Waals surface area contributed by atoms with E-state index in [0.717, 1.165) is 38.6 Å². The SMILES string of the molecule is CCCCCCCNCP(=O)(OCC(CC)CCCC)OCC(CC)CCCC. The van der Waals surface area contributed by atoms with Gasteiger partial charge in [-0.05, 0) is 37.6 Å². The molecule has 0 aliphatic heterocycles. The van der Waals surface area contributed by atoms with E-state index >= 15 is 0 Å². The van der Waals surface area contributed by atoms with Crippen LogP contribution in [0, 0.1) is 11.8 Å². The first-order valence-corrected chi connectivity index (χ1v) is 14.4. The molecule has 0 heterocycles. The quantitative estimate of drug-likeness (QED) is 0.138. The average molecular weight is 434 g/mol. The Morgan fingerprint density at radius 3 is 1.62 bits per heavy atom. The van der Waals surface area contributed by atoms with E-state index in [9.17, 15) is 4.57 Å². The van der Waals surface area contributed by atoms with Crippen LogP contribution in [0.25, 0.3) is 0 Å². The van der Waals surface area contributed by atoms with Crippen molar-refractivity contribution in [3.63, 3.8) is 0 Å². The van der Waals surface area contributed by atoms with Gasteiger partial charge in [-0.2, -0.15) is 0 Å². The molecule has 0 spiro atoms. The first-order valence-electron chi connectivity index (χ1n) is 12.6. The fourth-order valence-electron chi connectivity index (χ4n) is 3.43. The molecule has 0 aliphatic rings. The minimum atomic E-state index is -3.09. The third-order valence-corrected chi connectivity index (χ3v) is 7.56. The molecule has 29 heavy (non-hydrogen) atoms. The van der Waals surface area contributed by atoms with E-state index in [1.54, 1.807) is 0 Å². The Kier molecular flexibility index (Phi) is 20.1. The van der Waals surface area contributed by atoms with Crippen LogP contribution >= 0.6 is 7.60 Å². The molecule has 0 bridgehead atoms. The number of rotatable bonds is 22. The van der Waals surface area contributed by atoms with E-state index in [0.29, 0.717) is 31.3 Å². The summed E-state index contributed by atoms with van der Waals surface area (Å²) in [5.41, 5.74) is 0. The van der Waals surface area contributed by atoms with Gasteiger partial charge in [0.1, 0.15) is 0 Å². The lowest BCUT2D eigenvalue weighted by Gasteiger charge is -2.24. The highest BCUT2D eigenvalue weighted by molar-refractivity contribution is 7.53. The highest BCUT2D eigenvalue weighted by Crippen LogP contribution is 2.48. The maximum Gasteiger partial charge on any atom is 0.344 e. The van der Waals surface area contributed by atoms with Crippen molar-refractivity contribution in [3.8, 4) is 0 Å². The van der Waals surface area contributed by atoms with E-state index < -0.39 is 7.60 Å². The Morgan fingerprint density at radius 2 is 1.17 bits per heavy atom. The van der Waals surface area contributed by atoms with Crippen molar-refractivity contribution < 1.29 is 13.6 Å². The molecule has 0 aromatic carbocycles. The topological polar surface area (TPSA) is 47.6 Å². The van der Waals surface area contributed by atoms with Gasteiger partial charge in [0, 0.05) is 0 Å². The largest absolute Gasteiger partial charge is 0.344 e. The van der Waals surface area contributed by atoms with Crippen molar-refractivity contribution in [3.05, 3.63) is 0 Å². The van der Waals surface area contributed by atoms with E-state index in [1.807, 2.05) is 0 Å². The summed E-state index contributed by atoms with van der Waals surface area (Å²) in [5, 5.41) is 3.36. The lowest BCUT2D eigenvalue weighted by atomic mass is 10.0. The maximum atomic E-state index is 13.4. The van der Waals surface area contributed by atoms with E-state index in [1.165, 1.54) is 51.4 Å². The Hall–Kier alpha value is 0.110. The predicted molar refractivity (Wildman–Crippen MR) is 128 cm³/mol. The summed E-state index contributed by atoms with van der Waals surface area (Å²) in [6.45, 7) is 13.1. The fourth-order valence-corrected chi connectivity index (χ4v) is 5.00. The van der Waals surface area contributed by atoms with Crippen LogP contribution in [0.15, 0.2) is 0 Å². The van der Waals surface area contributed by atoms with Crippen molar-refractivity contribution in [2.75, 3.05) is 26.0 Å². The molecule has 2 atom stereocenters. The van der Waals surface area contributed by atoms with Gasteiger partial charge in [0.25, 0.3) is 0 Å². The molecule has 5 heteroatoms. The molecule has 0 saturated carbocycles. The van der Waals surface area contributed by atoms with Crippen LogP contribution in [0.4, 0.5) is 0 Å². The molecule has 176 valence electrons. The summed E-state index contributed by atoms with van der Waals surface area (Å²) in [7, 11) is -3.09. The third kappa shape index (κ3) is 16.5. The Morgan fingerprint density at radius 1 is 0.690 bits per heavy atom. The van der Waals surface area contributed by atoms with Gasteiger partial charge in [-0.15, -0.1) is 0 Å². The molecule has 4 nitrogen and oxygen atoms in total. The number of unbranched alkanes of at least 4 members (excludes halogenated alkanes) is 6. The molecule has 1 N–H and O–H groups in total. The van der Waals surface area contributed by atoms with Crippen molar-refractivity contribution >= 4 is 7.60 Å². The molecule has 0 radical (unpaired) electrons. The summed E-state index contributed by atoms with van der Waals surface area (Å²) < 4.78 is 25.4. The Labute approximate surface area is 182 Å². The zero-order valence-corrected chi connectivity index (χ0v) is 21.2. The Balaban J connectivity index is 4.59. The summed E-state index contributed by atoms with van der Waals surface area (Å²) in [4.78, 5) is 0. The monoisotopic (exact) mass is 433 g/mol. The minimum Gasteiger partial charge on any atom is -0.307 e. The van der Waals surface area contributed by atoms with Crippen LogP contribution in [-0.2, 0) is 13.6 Å². The summed E-state index contributed by atoms with van der Waals surface area (Å²) in [6.07, 6.45) is 15.8. The minimum absolute atomic E-state index is 0.342. The molecule has 0 saturated heterocycles. The van der Waals surface area contributed by atoms with Crippen LogP contribution in [0.1, 0.15) is 118 Å². The van der Waals surface area contributed by atoms with Gasteiger partial charge in [-0.3, -0.25) is 4.57 Å². The second-order valence-electron chi connectivity index (χ2n) is 8.61. The lowest BCUT2D eigenvalue weighted by molar-refractivity contribution is 0.150. The molecule has 0 aromatic heterocycles. The summed E-state index contributed by atoms with van der Waals surface area (Å²) in [5.74, 6) is 0.950. The molecule has 0 fully saturated rings. The van der Waals surface area contributed by atoms with Crippen LogP contribution < -0.4 is 5.32 Å². The molecule has 2 unspecified atom stereocenters. The second-order valence-corrected chi connectivity index (χ2v) is 10.7. The van der Waals surface area contributed by atoms with E-state index in [2.05, 4.69) is 39.9 Å². The van der Waals surface area contributed by atoms with Gasteiger partial charge in [-0.25, -0.2) is 0 Å². The van der Waals surface area contributed by atoms with Gasteiger partial charge < -0.3 is 14.4 Å². The fraction of sp³-hybridized carbons (Fsp3) is 1.00. The normalized spacial score (nSPS) is 15.9. The van der Waals surface area contributed by atoms with E-state index in [4.69, 9.17) is 9.05 Å². The number of nitrogens with one attached hydrogen (secondary N) is 1. The zero-order chi connectivity index (χ0) is 21.8. The summed E-state index contributed by atoms with van der Waals surface area (Å²) >= 11 is 0. The molecule has 0 aromatic rings. The van der Waals surface area contributed by atoms with Gasteiger partial charge in [0.05, 0.1) is 19.5 Å². The molecular formula is C24H52NO3P. The number of hydrogen-bond acceptors (Lipinski definition) is 4. The maximum absolute atomic E-state index is 13.4. The third-order valence-electron chi connectivity index (χ3n) is 5.86. The molecule has 0 rings (SSSR count). The summed E-state index contributed by atoms with van der Waals surface area (Å²) in [6, 6.07) is 0. The van der Waals surface area contributed by atoms with Gasteiger partial charge in [0.2, 0.25) is 0 Å². The van der Waals surface area contributed by atoms with Crippen molar-refractivity contribution in [1.29, 1.82) is 0 Å². The van der Waals surface area contributed by atoms with Gasteiger partial charge in [-0.1, -0.05) is 98.8 Å². The average Bonchev–Trinajstić information content (AvgIpc) is 2.73. The van der Waals surface area contributed by atoms with Crippen LogP contribution in [0.5, 0.6) is 0 Å². The molecule has 0 amide bonds. The van der Waals surface area contributed by atoms with Crippen LogP contribution in [0.2, 0.25) is 0 Å². The van der Waals surface area contributed by atoms with Gasteiger partial charge in [0.15, 0.2) is 0 Å². The highest BCUT2D eigenvalue weighted by Gasteiger charge is 2.27. The van der Waals surface area contributed by atoms with Crippen LogP contribution in [0.3, 0.4) is 0 Å². The van der Waals surface area contributed by atoms with E-state index in [-0.39, 0.29) is 0 Å². The first kappa shape index (κ1) is 29.1. The second kappa shape index (κ2) is 20.0. The van der Waals surface area contributed by atoms with Crippen molar-refractivity contribution in [2.45, 2.75) is 118 Å². The predicted octanol–water partition coefficient (Wildman–Crippen LogP) is 8.16. The van der Waals surface area contributed by atoms with Crippen molar-refractivity contribution in [2.24, 2.45) is 11.8 Å². The number of hydrogen-bond donors (Lipinski definition) is 1. The molecular weight excluding hydrogens is 381 g/mol. The Bertz CT molecular complexity index is 368. The van der Waals surface area contributed by atoms with Gasteiger partial charge >= 0.3 is 7.60 Å². The highest BCUT2D eigenvalue weighted by atomic mass is 31.2.